The molecular weight excluding hydrogens is 312 g/mol. The number of halogens is 1. The first-order valence-electron chi connectivity index (χ1n) is 7.47. The van der Waals surface area contributed by atoms with E-state index in [1.165, 1.54) is 0 Å². The number of para-hydroxylation sites is 1. The van der Waals surface area contributed by atoms with Gasteiger partial charge in [-0.05, 0) is 31.2 Å². The number of carbonyl (C=O) groups excluding carboxylic acids is 2. The van der Waals surface area contributed by atoms with Gasteiger partial charge in [0.2, 0.25) is 11.8 Å². The molecule has 2 amide bonds. The minimum atomic E-state index is -0.375. The number of anilines is 2. The number of hydrogen-bond acceptors (Lipinski definition) is 2. The fraction of sp³-hybridized carbons (Fsp3) is 0.222. The van der Waals surface area contributed by atoms with Crippen molar-refractivity contribution in [2.24, 2.45) is 5.92 Å². The number of nitrogens with one attached hydrogen (secondary N) is 1. The quantitative estimate of drug-likeness (QED) is 0.935. The smallest absolute Gasteiger partial charge is 0.229 e. The Morgan fingerprint density at radius 3 is 2.57 bits per heavy atom. The van der Waals surface area contributed by atoms with Crippen LogP contribution in [0.5, 0.6) is 0 Å². The molecule has 4 nitrogen and oxygen atoms in total. The molecule has 1 unspecified atom stereocenters. The largest absolute Gasteiger partial charge is 0.326 e. The van der Waals surface area contributed by atoms with Crippen LogP contribution in [0.2, 0.25) is 5.02 Å². The average molecular weight is 329 g/mol. The van der Waals surface area contributed by atoms with Crippen LogP contribution in [0.25, 0.3) is 0 Å². The van der Waals surface area contributed by atoms with Crippen molar-refractivity contribution < 1.29 is 9.59 Å². The summed E-state index contributed by atoms with van der Waals surface area (Å²) in [7, 11) is 0. The fourth-order valence-electron chi connectivity index (χ4n) is 2.67. The van der Waals surface area contributed by atoms with E-state index in [9.17, 15) is 9.59 Å². The lowest BCUT2D eigenvalue weighted by Gasteiger charge is -2.18. The molecule has 0 saturated carbocycles. The van der Waals surface area contributed by atoms with E-state index in [4.69, 9.17) is 11.6 Å². The van der Waals surface area contributed by atoms with Gasteiger partial charge in [-0.1, -0.05) is 41.4 Å². The Hall–Kier alpha value is -2.33. The molecule has 2 aromatic carbocycles. The zero-order valence-corrected chi connectivity index (χ0v) is 13.5. The third-order valence-corrected chi connectivity index (χ3v) is 4.28. The van der Waals surface area contributed by atoms with Gasteiger partial charge in [0.25, 0.3) is 0 Å². The van der Waals surface area contributed by atoms with Gasteiger partial charge in [0.1, 0.15) is 0 Å². The van der Waals surface area contributed by atoms with E-state index in [1.807, 2.05) is 43.3 Å². The van der Waals surface area contributed by atoms with Crippen molar-refractivity contribution >= 4 is 34.8 Å². The molecule has 23 heavy (non-hydrogen) atoms. The molecule has 118 valence electrons. The second kappa shape index (κ2) is 6.42. The fourth-order valence-corrected chi connectivity index (χ4v) is 2.91. The summed E-state index contributed by atoms with van der Waals surface area (Å²) in [6, 6.07) is 14.8. The molecular formula is C18H17ClN2O2. The van der Waals surface area contributed by atoms with E-state index >= 15 is 0 Å². The van der Waals surface area contributed by atoms with Crippen molar-refractivity contribution in [1.82, 2.24) is 0 Å². The summed E-state index contributed by atoms with van der Waals surface area (Å²) < 4.78 is 0. The second-order valence-electron chi connectivity index (χ2n) is 5.71. The van der Waals surface area contributed by atoms with E-state index in [0.717, 1.165) is 11.3 Å². The minimum absolute atomic E-state index is 0.0813. The Morgan fingerprint density at radius 2 is 1.87 bits per heavy atom. The summed E-state index contributed by atoms with van der Waals surface area (Å²) in [6.45, 7) is 2.34. The molecule has 2 aromatic rings. The van der Waals surface area contributed by atoms with Crippen LogP contribution < -0.4 is 10.2 Å². The maximum atomic E-state index is 12.4. The molecule has 0 aliphatic carbocycles. The van der Waals surface area contributed by atoms with Gasteiger partial charge in [-0.3, -0.25) is 9.59 Å². The van der Waals surface area contributed by atoms with E-state index in [0.29, 0.717) is 17.3 Å². The van der Waals surface area contributed by atoms with Gasteiger partial charge in [-0.2, -0.15) is 0 Å². The van der Waals surface area contributed by atoms with Crippen LogP contribution in [-0.4, -0.2) is 18.4 Å². The molecule has 1 aliphatic heterocycles. The summed E-state index contributed by atoms with van der Waals surface area (Å²) in [5.74, 6) is -0.598. The van der Waals surface area contributed by atoms with Gasteiger partial charge in [0, 0.05) is 18.7 Å². The van der Waals surface area contributed by atoms with Crippen LogP contribution in [0.3, 0.4) is 0 Å². The van der Waals surface area contributed by atoms with Crippen molar-refractivity contribution in [2.75, 3.05) is 16.8 Å². The number of benzene rings is 2. The highest BCUT2D eigenvalue weighted by Gasteiger charge is 2.35. The summed E-state index contributed by atoms with van der Waals surface area (Å²) in [5.41, 5.74) is 2.53. The third kappa shape index (κ3) is 3.37. The number of nitrogens with zero attached hydrogens (tertiary/aromatic N) is 1. The monoisotopic (exact) mass is 328 g/mol. The number of amides is 2. The number of rotatable bonds is 3. The lowest BCUT2D eigenvalue weighted by molar-refractivity contribution is -0.122. The van der Waals surface area contributed by atoms with Gasteiger partial charge in [-0.25, -0.2) is 0 Å². The highest BCUT2D eigenvalue weighted by Crippen LogP contribution is 2.31. The standard InChI is InChI=1S/C18H17ClN2O2/c1-12-6-8-14(9-7-12)20-18(23)13-10-17(22)21(11-13)16-5-3-2-4-15(16)19/h2-9,13H,10-11H2,1H3,(H,20,23). The van der Waals surface area contributed by atoms with Gasteiger partial charge >= 0.3 is 0 Å². The zero-order valence-electron chi connectivity index (χ0n) is 12.8. The minimum Gasteiger partial charge on any atom is -0.326 e. The Morgan fingerprint density at radius 1 is 1.17 bits per heavy atom. The zero-order chi connectivity index (χ0) is 16.4. The molecule has 1 N–H and O–H groups in total. The molecule has 1 heterocycles. The van der Waals surface area contributed by atoms with Crippen molar-refractivity contribution in [1.29, 1.82) is 0 Å². The van der Waals surface area contributed by atoms with E-state index in [-0.39, 0.29) is 24.2 Å². The predicted octanol–water partition coefficient (Wildman–Crippen LogP) is 3.64. The van der Waals surface area contributed by atoms with Gasteiger partial charge in [0.15, 0.2) is 0 Å². The van der Waals surface area contributed by atoms with Crippen LogP contribution in [0.1, 0.15) is 12.0 Å². The van der Waals surface area contributed by atoms with Crippen LogP contribution in [0.4, 0.5) is 11.4 Å². The summed E-state index contributed by atoms with van der Waals surface area (Å²) in [6.07, 6.45) is 0.197. The van der Waals surface area contributed by atoms with Crippen LogP contribution in [-0.2, 0) is 9.59 Å². The predicted molar refractivity (Wildman–Crippen MR) is 91.7 cm³/mol. The van der Waals surface area contributed by atoms with E-state index in [1.54, 1.807) is 17.0 Å². The lowest BCUT2D eigenvalue weighted by Crippen LogP contribution is -2.28. The van der Waals surface area contributed by atoms with Gasteiger partial charge in [0.05, 0.1) is 16.6 Å². The molecule has 0 aromatic heterocycles. The summed E-state index contributed by atoms with van der Waals surface area (Å²) in [5, 5.41) is 3.38. The molecule has 1 saturated heterocycles. The molecule has 1 atom stereocenters. The normalized spacial score (nSPS) is 17.4. The topological polar surface area (TPSA) is 49.4 Å². The van der Waals surface area contributed by atoms with Gasteiger partial charge < -0.3 is 10.2 Å². The molecule has 5 heteroatoms. The van der Waals surface area contributed by atoms with Crippen molar-refractivity contribution in [3.05, 3.63) is 59.1 Å². The number of hydrogen-bond donors (Lipinski definition) is 1. The first-order chi connectivity index (χ1) is 11.0. The first kappa shape index (κ1) is 15.6. The van der Waals surface area contributed by atoms with Crippen LogP contribution >= 0.6 is 11.6 Å². The molecule has 1 aliphatic rings. The van der Waals surface area contributed by atoms with Crippen molar-refractivity contribution in [3.8, 4) is 0 Å². The van der Waals surface area contributed by atoms with Crippen molar-refractivity contribution in [3.63, 3.8) is 0 Å². The van der Waals surface area contributed by atoms with Crippen LogP contribution in [0, 0.1) is 12.8 Å². The molecule has 0 spiro atoms. The molecule has 0 bridgehead atoms. The SMILES string of the molecule is Cc1ccc(NC(=O)C2CC(=O)N(c3ccccc3Cl)C2)cc1. The lowest BCUT2D eigenvalue weighted by atomic mass is 10.1. The van der Waals surface area contributed by atoms with E-state index in [2.05, 4.69) is 5.32 Å². The summed E-state index contributed by atoms with van der Waals surface area (Å²) >= 11 is 6.15. The van der Waals surface area contributed by atoms with E-state index < -0.39 is 0 Å². The Balaban J connectivity index is 1.71. The maximum Gasteiger partial charge on any atom is 0.229 e. The highest BCUT2D eigenvalue weighted by atomic mass is 35.5. The summed E-state index contributed by atoms with van der Waals surface area (Å²) in [4.78, 5) is 26.2. The Labute approximate surface area is 140 Å². The third-order valence-electron chi connectivity index (χ3n) is 3.96. The Kier molecular flexibility index (Phi) is 4.35. The Bertz CT molecular complexity index is 743. The van der Waals surface area contributed by atoms with Gasteiger partial charge in [-0.15, -0.1) is 0 Å². The number of aryl methyl sites for hydroxylation is 1. The maximum absolute atomic E-state index is 12.4. The van der Waals surface area contributed by atoms with Crippen LogP contribution in [0.15, 0.2) is 48.5 Å². The second-order valence-corrected chi connectivity index (χ2v) is 6.12. The highest BCUT2D eigenvalue weighted by molar-refractivity contribution is 6.33. The van der Waals surface area contributed by atoms with Crippen molar-refractivity contribution in [2.45, 2.75) is 13.3 Å². The number of carbonyl (C=O) groups is 2. The molecule has 3 rings (SSSR count). The first-order valence-corrected chi connectivity index (χ1v) is 7.85. The molecule has 1 fully saturated rings. The molecule has 0 radical (unpaired) electrons. The average Bonchev–Trinajstić information content (AvgIpc) is 2.92.